The minimum Gasteiger partial charge on any atom is -0.508 e. The van der Waals surface area contributed by atoms with E-state index in [2.05, 4.69) is 26.8 Å². The molecule has 4 heteroatoms. The summed E-state index contributed by atoms with van der Waals surface area (Å²) in [6.07, 6.45) is 0.978. The lowest BCUT2D eigenvalue weighted by atomic mass is 9.75. The van der Waals surface area contributed by atoms with Crippen molar-refractivity contribution in [1.29, 1.82) is 0 Å². The fraction of sp³-hybridized carbons (Fsp3) is 0.240. The van der Waals surface area contributed by atoms with Gasteiger partial charge in [0.1, 0.15) is 17.2 Å². The Morgan fingerprint density at radius 2 is 1.62 bits per heavy atom. The highest BCUT2D eigenvalue weighted by Gasteiger charge is 2.53. The fourth-order valence-electron chi connectivity index (χ4n) is 4.29. The third kappa shape index (κ3) is 2.35. The lowest BCUT2D eigenvalue weighted by Crippen LogP contribution is -2.33. The number of benzene rings is 3. The average Bonchev–Trinajstić information content (AvgIpc) is 3.01. The van der Waals surface area contributed by atoms with Gasteiger partial charge in [-0.15, -0.1) is 0 Å². The molecule has 3 aromatic rings. The Morgan fingerprint density at radius 3 is 2.38 bits per heavy atom. The van der Waals surface area contributed by atoms with Gasteiger partial charge in [-0.2, -0.15) is 0 Å². The van der Waals surface area contributed by atoms with Crippen LogP contribution in [0.3, 0.4) is 0 Å². The van der Waals surface area contributed by atoms with Gasteiger partial charge >= 0.3 is 5.97 Å². The number of carbonyl (C=O) groups excluding carboxylic acids is 1. The van der Waals surface area contributed by atoms with Gasteiger partial charge in [-0.05, 0) is 41.7 Å². The van der Waals surface area contributed by atoms with Crippen molar-refractivity contribution in [2.24, 2.45) is 0 Å². The lowest BCUT2D eigenvalue weighted by molar-refractivity contribution is 0.0224. The van der Waals surface area contributed by atoms with Crippen molar-refractivity contribution in [2.45, 2.75) is 38.2 Å². The largest absolute Gasteiger partial charge is 0.508 e. The fourth-order valence-corrected chi connectivity index (χ4v) is 4.29. The molecule has 0 aromatic heterocycles. The lowest BCUT2D eigenvalue weighted by Gasteiger charge is -2.37. The Bertz CT molecular complexity index is 1160. The highest BCUT2D eigenvalue weighted by atomic mass is 16.6. The van der Waals surface area contributed by atoms with E-state index < -0.39 is 5.60 Å². The Balaban J connectivity index is 1.83. The number of rotatable bonds is 2. The van der Waals surface area contributed by atoms with Crippen LogP contribution < -0.4 is 4.74 Å². The van der Waals surface area contributed by atoms with Gasteiger partial charge < -0.3 is 14.6 Å². The van der Waals surface area contributed by atoms with Gasteiger partial charge in [0.2, 0.25) is 0 Å². The van der Waals surface area contributed by atoms with Crippen LogP contribution in [0.15, 0.2) is 60.7 Å². The first kappa shape index (κ1) is 17.8. The topological polar surface area (TPSA) is 55.8 Å². The summed E-state index contributed by atoms with van der Waals surface area (Å²) in [5.41, 5.74) is 2.90. The second-order valence-electron chi connectivity index (χ2n) is 8.35. The number of phenolic OH excluding ortho intramolecular Hbond substituents is 1. The monoisotopic (exact) mass is 386 g/mol. The van der Waals surface area contributed by atoms with Crippen molar-refractivity contribution in [3.05, 3.63) is 88.5 Å². The molecule has 1 N–H and O–H groups in total. The predicted molar refractivity (Wildman–Crippen MR) is 110 cm³/mol. The van der Waals surface area contributed by atoms with Gasteiger partial charge in [0.05, 0.1) is 5.56 Å². The zero-order chi connectivity index (χ0) is 20.4. The molecular weight excluding hydrogens is 364 g/mol. The molecule has 29 heavy (non-hydrogen) atoms. The first-order valence-electron chi connectivity index (χ1n) is 9.86. The number of hydrogen-bond donors (Lipinski definition) is 1. The molecule has 2 heterocycles. The van der Waals surface area contributed by atoms with E-state index in [0.29, 0.717) is 22.6 Å². The Morgan fingerprint density at radius 1 is 0.931 bits per heavy atom. The zero-order valence-electron chi connectivity index (χ0n) is 16.7. The number of hydrogen-bond acceptors (Lipinski definition) is 4. The van der Waals surface area contributed by atoms with Gasteiger partial charge in [0, 0.05) is 22.8 Å². The minimum absolute atomic E-state index is 0.0189. The molecule has 0 amide bonds. The Kier molecular flexibility index (Phi) is 3.60. The maximum Gasteiger partial charge on any atom is 0.340 e. The van der Waals surface area contributed by atoms with Crippen LogP contribution in [0.1, 0.15) is 59.8 Å². The summed E-state index contributed by atoms with van der Waals surface area (Å²) in [4.78, 5) is 12.8. The molecule has 1 spiro atoms. The summed E-state index contributed by atoms with van der Waals surface area (Å²) in [6, 6.07) is 18.5. The maximum atomic E-state index is 12.8. The van der Waals surface area contributed by atoms with Gasteiger partial charge in [-0.3, -0.25) is 0 Å². The van der Waals surface area contributed by atoms with Gasteiger partial charge in [0.25, 0.3) is 0 Å². The molecule has 0 fully saturated rings. The molecule has 2 aliphatic heterocycles. The molecule has 1 atom stereocenters. The van der Waals surface area contributed by atoms with Crippen molar-refractivity contribution >= 4 is 5.97 Å². The molecule has 4 nitrogen and oxygen atoms in total. The molecule has 0 saturated carbocycles. The molecule has 0 saturated heterocycles. The molecule has 2 aliphatic rings. The van der Waals surface area contributed by atoms with E-state index >= 15 is 0 Å². The van der Waals surface area contributed by atoms with E-state index in [1.54, 1.807) is 24.3 Å². The van der Waals surface area contributed by atoms with Crippen LogP contribution in [-0.2, 0) is 15.8 Å². The van der Waals surface area contributed by atoms with Crippen molar-refractivity contribution in [2.75, 3.05) is 0 Å². The molecule has 0 radical (unpaired) electrons. The molecule has 1 unspecified atom stereocenters. The number of phenols is 1. The van der Waals surface area contributed by atoms with Crippen LogP contribution in [-0.4, -0.2) is 11.1 Å². The van der Waals surface area contributed by atoms with Crippen molar-refractivity contribution in [3.63, 3.8) is 0 Å². The summed E-state index contributed by atoms with van der Waals surface area (Å²) in [5, 5.41) is 10.0. The standard InChI is InChI=1S/C25H22O4/c1-4-24(2,3)15-9-11-19-21(13-15)28-22-14-16(26)10-12-20(22)25(19)18-8-6-5-7-17(18)23(27)29-25/h5-14,26H,4H2,1-3H3. The van der Waals surface area contributed by atoms with E-state index in [-0.39, 0.29) is 17.1 Å². The first-order valence-corrected chi connectivity index (χ1v) is 9.86. The number of fused-ring (bicyclic) bond motifs is 6. The highest BCUT2D eigenvalue weighted by Crippen LogP contribution is 2.56. The summed E-state index contributed by atoms with van der Waals surface area (Å²) in [6.45, 7) is 6.54. The average molecular weight is 386 g/mol. The van der Waals surface area contributed by atoms with Crippen LogP contribution >= 0.6 is 0 Å². The van der Waals surface area contributed by atoms with Gasteiger partial charge in [-0.25, -0.2) is 4.79 Å². The SMILES string of the molecule is CCC(C)(C)c1ccc2c(c1)Oc1cc(O)ccc1C21OC(=O)c2ccccc21. The molecule has 0 bridgehead atoms. The van der Waals surface area contributed by atoms with Crippen LogP contribution in [0.5, 0.6) is 17.2 Å². The third-order valence-corrected chi connectivity index (χ3v) is 6.36. The highest BCUT2D eigenvalue weighted by molar-refractivity contribution is 5.97. The van der Waals surface area contributed by atoms with Crippen LogP contribution in [0.25, 0.3) is 0 Å². The van der Waals surface area contributed by atoms with E-state index in [0.717, 1.165) is 23.1 Å². The molecule has 5 rings (SSSR count). The number of carbonyl (C=O) groups is 1. The number of aromatic hydroxyl groups is 1. The summed E-state index contributed by atoms with van der Waals surface area (Å²) in [5.74, 6) is 0.885. The summed E-state index contributed by atoms with van der Waals surface area (Å²) in [7, 11) is 0. The predicted octanol–water partition coefficient (Wildman–Crippen LogP) is 5.65. The number of ether oxygens (including phenoxy) is 2. The van der Waals surface area contributed by atoms with Crippen molar-refractivity contribution < 1.29 is 19.4 Å². The van der Waals surface area contributed by atoms with Crippen LogP contribution in [0, 0.1) is 0 Å². The zero-order valence-corrected chi connectivity index (χ0v) is 16.7. The quantitative estimate of drug-likeness (QED) is 0.579. The normalized spacial score (nSPS) is 19.2. The summed E-state index contributed by atoms with van der Waals surface area (Å²) >= 11 is 0. The molecule has 0 aliphatic carbocycles. The van der Waals surface area contributed by atoms with Crippen LogP contribution in [0.2, 0.25) is 0 Å². The van der Waals surface area contributed by atoms with Crippen molar-refractivity contribution in [1.82, 2.24) is 0 Å². The Labute approximate surface area is 169 Å². The Hall–Kier alpha value is -3.27. The minimum atomic E-state index is -1.08. The number of esters is 1. The molecular formula is C25H22O4. The van der Waals surface area contributed by atoms with E-state index in [4.69, 9.17) is 9.47 Å². The van der Waals surface area contributed by atoms with Crippen LogP contribution in [0.4, 0.5) is 0 Å². The van der Waals surface area contributed by atoms with E-state index in [1.165, 1.54) is 0 Å². The molecule has 3 aromatic carbocycles. The second kappa shape index (κ2) is 5.86. The van der Waals surface area contributed by atoms with E-state index in [9.17, 15) is 9.90 Å². The smallest absolute Gasteiger partial charge is 0.340 e. The van der Waals surface area contributed by atoms with Gasteiger partial charge in [-0.1, -0.05) is 51.1 Å². The molecule has 146 valence electrons. The first-order chi connectivity index (χ1) is 13.9. The van der Waals surface area contributed by atoms with Gasteiger partial charge in [0.15, 0.2) is 5.60 Å². The third-order valence-electron chi connectivity index (χ3n) is 6.36. The summed E-state index contributed by atoms with van der Waals surface area (Å²) < 4.78 is 12.3. The van der Waals surface area contributed by atoms with Crippen molar-refractivity contribution in [3.8, 4) is 17.2 Å². The maximum absolute atomic E-state index is 12.8. The second-order valence-corrected chi connectivity index (χ2v) is 8.35. The van der Waals surface area contributed by atoms with E-state index in [1.807, 2.05) is 30.3 Å².